The molecule has 0 aliphatic heterocycles. The minimum atomic E-state index is 0.372. The number of hydrogen-bond donors (Lipinski definition) is 0. The molecule has 3 nitrogen and oxygen atoms in total. The maximum Gasteiger partial charge on any atom is 0.247 e. The predicted octanol–water partition coefficient (Wildman–Crippen LogP) is 3.08. The van der Waals surface area contributed by atoms with Crippen LogP contribution in [0, 0.1) is 5.21 Å². The van der Waals surface area contributed by atoms with Crippen molar-refractivity contribution >= 4 is 11.0 Å². The molecule has 3 heteroatoms. The van der Waals surface area contributed by atoms with Crippen LogP contribution >= 0.6 is 0 Å². The summed E-state index contributed by atoms with van der Waals surface area (Å²) in [5.74, 6) is 0.372. The number of fused-ring (bicyclic) bond motifs is 1. The van der Waals surface area contributed by atoms with E-state index in [-0.39, 0.29) is 0 Å². The summed E-state index contributed by atoms with van der Waals surface area (Å²) in [6.45, 7) is 2.99. The highest BCUT2D eigenvalue weighted by atomic mass is 16.5. The first-order valence-corrected chi connectivity index (χ1v) is 6.47. The van der Waals surface area contributed by atoms with Crippen molar-refractivity contribution in [3.63, 3.8) is 0 Å². The summed E-state index contributed by atoms with van der Waals surface area (Å²) in [6.07, 6.45) is 1.63. The molecule has 1 aromatic heterocycles. The molecule has 0 amide bonds. The molecule has 19 heavy (non-hydrogen) atoms. The Morgan fingerprint density at radius 1 is 1.05 bits per heavy atom. The van der Waals surface area contributed by atoms with Gasteiger partial charge in [0.05, 0.1) is 6.54 Å². The summed E-state index contributed by atoms with van der Waals surface area (Å²) in [6, 6.07) is 18.1. The standard InChI is InChI=1S/C16H16N2O/c1-13(14-7-3-2-4-8-14)11-17-12-18(19)16-10-6-5-9-15(16)17/h2-10,12-13H,11H2,1H3. The van der Waals surface area contributed by atoms with Crippen LogP contribution in [0.15, 0.2) is 60.9 Å². The van der Waals surface area contributed by atoms with E-state index in [1.807, 2.05) is 47.0 Å². The van der Waals surface area contributed by atoms with Crippen LogP contribution in [0.5, 0.6) is 0 Å². The Bertz CT molecular complexity index is 688. The number of benzene rings is 2. The smallest absolute Gasteiger partial charge is 0.247 e. The Morgan fingerprint density at radius 2 is 1.74 bits per heavy atom. The van der Waals surface area contributed by atoms with Gasteiger partial charge >= 0.3 is 0 Å². The Balaban J connectivity index is 1.94. The van der Waals surface area contributed by atoms with E-state index >= 15 is 0 Å². The summed E-state index contributed by atoms with van der Waals surface area (Å²) < 4.78 is 2.97. The van der Waals surface area contributed by atoms with Crippen LogP contribution in [0.1, 0.15) is 18.4 Å². The molecule has 96 valence electrons. The van der Waals surface area contributed by atoms with Crippen LogP contribution in [0.25, 0.3) is 11.0 Å². The topological polar surface area (TPSA) is 31.9 Å². The summed E-state index contributed by atoms with van der Waals surface area (Å²) in [7, 11) is 0. The fraction of sp³-hybridized carbons (Fsp3) is 0.188. The molecule has 0 N–H and O–H groups in total. The summed E-state index contributed by atoms with van der Waals surface area (Å²) in [5.41, 5.74) is 3.00. The van der Waals surface area contributed by atoms with Gasteiger partial charge in [-0.25, -0.2) is 9.30 Å². The number of imidazole rings is 1. The monoisotopic (exact) mass is 252 g/mol. The normalized spacial score (nSPS) is 12.7. The van der Waals surface area contributed by atoms with Gasteiger partial charge in [0.1, 0.15) is 0 Å². The number of rotatable bonds is 3. The fourth-order valence-corrected chi connectivity index (χ4v) is 2.47. The Hall–Kier alpha value is -2.29. The second-order valence-corrected chi connectivity index (χ2v) is 4.89. The largest absolute Gasteiger partial charge is 0.710 e. The lowest BCUT2D eigenvalue weighted by Gasteiger charge is -2.09. The first kappa shape index (κ1) is 11.8. The average molecular weight is 252 g/mol. The molecular weight excluding hydrogens is 236 g/mol. The maximum atomic E-state index is 11.8. The molecule has 1 unspecified atom stereocenters. The molecule has 0 bridgehead atoms. The predicted molar refractivity (Wildman–Crippen MR) is 75.8 cm³/mol. The van der Waals surface area contributed by atoms with Gasteiger partial charge in [-0.2, -0.15) is 0 Å². The molecule has 2 aromatic carbocycles. The van der Waals surface area contributed by atoms with Gasteiger partial charge in [-0.05, 0) is 17.7 Å². The number of aromatic nitrogens is 2. The van der Waals surface area contributed by atoms with Crippen LogP contribution in [0.4, 0.5) is 0 Å². The molecule has 0 radical (unpaired) electrons. The fourth-order valence-electron chi connectivity index (χ4n) is 2.47. The summed E-state index contributed by atoms with van der Waals surface area (Å²) in [5, 5.41) is 11.8. The third-order valence-corrected chi connectivity index (χ3v) is 3.51. The minimum absolute atomic E-state index is 0.372. The van der Waals surface area contributed by atoms with Gasteiger partial charge in [0, 0.05) is 5.92 Å². The quantitative estimate of drug-likeness (QED) is 0.520. The molecule has 0 spiro atoms. The van der Waals surface area contributed by atoms with E-state index in [2.05, 4.69) is 19.1 Å². The molecule has 0 aliphatic carbocycles. The molecular formula is C16H16N2O. The highest BCUT2D eigenvalue weighted by Crippen LogP contribution is 2.19. The molecule has 1 heterocycles. The number of para-hydroxylation sites is 2. The van der Waals surface area contributed by atoms with Crippen LogP contribution in [-0.2, 0) is 6.54 Å². The lowest BCUT2D eigenvalue weighted by molar-refractivity contribution is -0.578. The van der Waals surface area contributed by atoms with Gasteiger partial charge in [0.25, 0.3) is 0 Å². The number of hydrogen-bond acceptors (Lipinski definition) is 1. The van der Waals surface area contributed by atoms with Gasteiger partial charge in [-0.1, -0.05) is 49.4 Å². The second kappa shape index (κ2) is 4.76. The van der Waals surface area contributed by atoms with Gasteiger partial charge < -0.3 is 5.21 Å². The van der Waals surface area contributed by atoms with E-state index in [1.165, 1.54) is 5.56 Å². The molecule has 1 atom stereocenters. The van der Waals surface area contributed by atoms with Crippen LogP contribution < -0.4 is 4.73 Å². The molecule has 3 aromatic rings. The Labute approximate surface area is 112 Å². The van der Waals surface area contributed by atoms with Crippen LogP contribution in [0.3, 0.4) is 0 Å². The molecule has 0 saturated carbocycles. The van der Waals surface area contributed by atoms with Gasteiger partial charge in [-0.15, -0.1) is 0 Å². The van der Waals surface area contributed by atoms with Gasteiger partial charge in [0.15, 0.2) is 11.0 Å². The summed E-state index contributed by atoms with van der Waals surface area (Å²) in [4.78, 5) is 0. The zero-order chi connectivity index (χ0) is 13.2. The minimum Gasteiger partial charge on any atom is -0.710 e. The van der Waals surface area contributed by atoms with Crippen LogP contribution in [0.2, 0.25) is 0 Å². The van der Waals surface area contributed by atoms with Crippen molar-refractivity contribution < 1.29 is 4.73 Å². The van der Waals surface area contributed by atoms with Crippen molar-refractivity contribution in [1.82, 2.24) is 4.57 Å². The van der Waals surface area contributed by atoms with E-state index in [0.717, 1.165) is 22.3 Å². The van der Waals surface area contributed by atoms with E-state index in [9.17, 15) is 5.21 Å². The lowest BCUT2D eigenvalue weighted by Crippen LogP contribution is -2.23. The summed E-state index contributed by atoms with van der Waals surface area (Å²) >= 11 is 0. The van der Waals surface area contributed by atoms with E-state index in [4.69, 9.17) is 0 Å². The van der Waals surface area contributed by atoms with Gasteiger partial charge in [0.2, 0.25) is 6.33 Å². The molecule has 0 aliphatic rings. The van der Waals surface area contributed by atoms with Crippen molar-refractivity contribution in [3.8, 4) is 0 Å². The van der Waals surface area contributed by atoms with Crippen molar-refractivity contribution in [2.45, 2.75) is 19.4 Å². The van der Waals surface area contributed by atoms with E-state index in [0.29, 0.717) is 5.92 Å². The highest BCUT2D eigenvalue weighted by Gasteiger charge is 2.14. The highest BCUT2D eigenvalue weighted by molar-refractivity contribution is 5.71. The SMILES string of the molecule is CC(Cn1c[n+]([O-])c2ccccc21)c1ccccc1. The van der Waals surface area contributed by atoms with E-state index < -0.39 is 0 Å². The first-order chi connectivity index (χ1) is 9.25. The third kappa shape index (κ3) is 2.19. The molecule has 3 rings (SSSR count). The van der Waals surface area contributed by atoms with E-state index in [1.54, 1.807) is 6.33 Å². The zero-order valence-corrected chi connectivity index (χ0v) is 10.9. The van der Waals surface area contributed by atoms with Crippen LogP contribution in [-0.4, -0.2) is 4.57 Å². The molecule has 0 fully saturated rings. The van der Waals surface area contributed by atoms with Crippen molar-refractivity contribution in [2.24, 2.45) is 0 Å². The zero-order valence-electron chi connectivity index (χ0n) is 10.9. The van der Waals surface area contributed by atoms with Crippen molar-refractivity contribution in [3.05, 3.63) is 71.7 Å². The molecule has 0 saturated heterocycles. The average Bonchev–Trinajstić information content (AvgIpc) is 2.77. The maximum absolute atomic E-state index is 11.8. The third-order valence-electron chi connectivity index (χ3n) is 3.51. The van der Waals surface area contributed by atoms with Gasteiger partial charge in [-0.3, -0.25) is 0 Å². The first-order valence-electron chi connectivity index (χ1n) is 6.47. The Morgan fingerprint density at radius 3 is 2.53 bits per heavy atom. The lowest BCUT2D eigenvalue weighted by atomic mass is 10.0. The second-order valence-electron chi connectivity index (χ2n) is 4.89. The Kier molecular flexibility index (Phi) is 2.95. The van der Waals surface area contributed by atoms with Crippen molar-refractivity contribution in [1.29, 1.82) is 0 Å². The number of nitrogens with zero attached hydrogens (tertiary/aromatic N) is 2. The van der Waals surface area contributed by atoms with Crippen molar-refractivity contribution in [2.75, 3.05) is 0 Å².